The topological polar surface area (TPSA) is 111 Å². The second kappa shape index (κ2) is 9.06. The van der Waals surface area contributed by atoms with Crippen LogP contribution in [0.1, 0.15) is 23.6 Å². The molecule has 1 aliphatic heterocycles. The van der Waals surface area contributed by atoms with Gasteiger partial charge in [-0.2, -0.15) is 0 Å². The molecule has 156 valence electrons. The van der Waals surface area contributed by atoms with E-state index in [2.05, 4.69) is 10.6 Å². The first kappa shape index (κ1) is 20.8. The predicted octanol–water partition coefficient (Wildman–Crippen LogP) is 2.32. The van der Waals surface area contributed by atoms with Crippen molar-refractivity contribution in [3.8, 4) is 11.5 Å². The third-order valence-electron chi connectivity index (χ3n) is 4.76. The van der Waals surface area contributed by atoms with Crippen LogP contribution in [0.5, 0.6) is 11.5 Å². The van der Waals surface area contributed by atoms with Gasteiger partial charge in [-0.15, -0.1) is 0 Å². The van der Waals surface area contributed by atoms with E-state index in [1.807, 2.05) is 0 Å². The Morgan fingerprint density at radius 1 is 1.21 bits per heavy atom. The quantitative estimate of drug-likeness (QED) is 0.481. The second-order valence-corrected chi connectivity index (χ2v) is 6.93. The molecule has 0 saturated carbocycles. The molecule has 1 heterocycles. The van der Waals surface area contributed by atoms with E-state index in [-0.39, 0.29) is 30.3 Å². The van der Waals surface area contributed by atoms with E-state index >= 15 is 0 Å². The van der Waals surface area contributed by atoms with Gasteiger partial charge in [0, 0.05) is 30.6 Å². The number of nitrogens with one attached hydrogen (secondary N) is 2. The fourth-order valence-electron chi connectivity index (χ4n) is 3.42. The van der Waals surface area contributed by atoms with Gasteiger partial charge in [0.15, 0.2) is 0 Å². The molecule has 2 aromatic rings. The molecule has 0 radical (unpaired) electrons. The molecule has 9 heteroatoms. The lowest BCUT2D eigenvalue weighted by Crippen LogP contribution is -2.49. The number of hydrogen-bond acceptors (Lipinski definition) is 5. The molecule has 0 aliphatic carbocycles. The monoisotopic (exact) mass is 408 g/mol. The summed E-state index contributed by atoms with van der Waals surface area (Å²) in [5.41, 5.74) is 0.958. The number of phenols is 1. The average Bonchev–Trinajstić information content (AvgIpc) is 2.64. The number of rotatable bonds is 7. The number of benzene rings is 2. The minimum Gasteiger partial charge on any atom is -0.508 e. The predicted molar refractivity (Wildman–Crippen MR) is 100.0 cm³/mol. The summed E-state index contributed by atoms with van der Waals surface area (Å²) in [4.78, 5) is 11.1. The molecule has 7 nitrogen and oxygen atoms in total. The molecule has 2 aromatic carbocycles. The van der Waals surface area contributed by atoms with E-state index in [9.17, 15) is 23.8 Å². The van der Waals surface area contributed by atoms with Crippen LogP contribution in [0.4, 0.5) is 13.6 Å². The zero-order valence-electron chi connectivity index (χ0n) is 15.4. The first-order valence-corrected chi connectivity index (χ1v) is 9.13. The molecular weight excluding hydrogens is 386 g/mol. The third kappa shape index (κ3) is 5.55. The molecule has 0 aromatic heterocycles. The first-order chi connectivity index (χ1) is 13.8. The van der Waals surface area contributed by atoms with Crippen LogP contribution in [0.15, 0.2) is 36.4 Å². The molecule has 5 N–H and O–H groups in total. The molecule has 0 fully saturated rings. The van der Waals surface area contributed by atoms with Crippen molar-refractivity contribution >= 4 is 6.09 Å². The van der Waals surface area contributed by atoms with Crippen molar-refractivity contribution in [2.45, 2.75) is 31.0 Å². The number of fused-ring (bicyclic) bond motifs is 1. The van der Waals surface area contributed by atoms with Crippen molar-refractivity contribution in [1.82, 2.24) is 10.6 Å². The van der Waals surface area contributed by atoms with Crippen molar-refractivity contribution < 1.29 is 33.6 Å². The molecule has 0 bridgehead atoms. The van der Waals surface area contributed by atoms with Gasteiger partial charge >= 0.3 is 6.09 Å². The van der Waals surface area contributed by atoms with Crippen LogP contribution in [-0.2, 0) is 6.42 Å². The van der Waals surface area contributed by atoms with Gasteiger partial charge in [-0.1, -0.05) is 0 Å². The molecule has 3 atom stereocenters. The summed E-state index contributed by atoms with van der Waals surface area (Å²) in [6.07, 6.45) is -2.02. The van der Waals surface area contributed by atoms with Gasteiger partial charge in [0.25, 0.3) is 0 Å². The summed E-state index contributed by atoms with van der Waals surface area (Å²) < 4.78 is 32.4. The number of phenolic OH excluding ortho intramolecular Hbond substituents is 1. The number of amides is 1. The highest BCUT2D eigenvalue weighted by Crippen LogP contribution is 2.34. The Bertz CT molecular complexity index is 860. The van der Waals surface area contributed by atoms with Gasteiger partial charge in [-0.25, -0.2) is 13.6 Å². The van der Waals surface area contributed by atoms with Crippen molar-refractivity contribution in [1.29, 1.82) is 0 Å². The maximum Gasteiger partial charge on any atom is 0.404 e. The number of aliphatic hydroxyl groups excluding tert-OH is 1. The summed E-state index contributed by atoms with van der Waals surface area (Å²) in [5, 5.41) is 34.7. The van der Waals surface area contributed by atoms with Gasteiger partial charge in [0.2, 0.25) is 0 Å². The maximum atomic E-state index is 13.4. The number of carboxylic acid groups (broad SMARTS) is 1. The van der Waals surface area contributed by atoms with Gasteiger partial charge < -0.3 is 30.7 Å². The second-order valence-electron chi connectivity index (χ2n) is 6.93. The largest absolute Gasteiger partial charge is 0.508 e. The van der Waals surface area contributed by atoms with Gasteiger partial charge in [-0.05, 0) is 42.3 Å². The van der Waals surface area contributed by atoms with Crippen molar-refractivity contribution in [3.05, 3.63) is 59.2 Å². The zero-order chi connectivity index (χ0) is 21.0. The van der Waals surface area contributed by atoms with Crippen LogP contribution in [0.2, 0.25) is 0 Å². The fourth-order valence-corrected chi connectivity index (χ4v) is 3.42. The Kier molecular flexibility index (Phi) is 6.50. The van der Waals surface area contributed by atoms with Crippen molar-refractivity contribution in [3.63, 3.8) is 0 Å². The normalized spacial score (nSPS) is 17.7. The highest BCUT2D eigenvalue weighted by Gasteiger charge is 2.26. The van der Waals surface area contributed by atoms with E-state index < -0.39 is 29.9 Å². The van der Waals surface area contributed by atoms with Crippen molar-refractivity contribution in [2.75, 3.05) is 13.2 Å². The molecule has 29 heavy (non-hydrogen) atoms. The zero-order valence-corrected chi connectivity index (χ0v) is 15.4. The number of aromatic hydroxyl groups is 1. The first-order valence-electron chi connectivity index (χ1n) is 9.13. The maximum absolute atomic E-state index is 13.4. The number of ether oxygens (including phenoxy) is 1. The lowest BCUT2D eigenvalue weighted by molar-refractivity contribution is 0.112. The number of aliphatic hydroxyl groups is 1. The summed E-state index contributed by atoms with van der Waals surface area (Å²) in [6.45, 7) is 0.466. The van der Waals surface area contributed by atoms with E-state index in [4.69, 9.17) is 9.84 Å². The van der Waals surface area contributed by atoms with Crippen LogP contribution < -0.4 is 15.4 Å². The van der Waals surface area contributed by atoms with Gasteiger partial charge in [0.05, 0.1) is 18.8 Å². The Hall–Kier alpha value is -2.91. The summed E-state index contributed by atoms with van der Waals surface area (Å²) in [5.74, 6) is -0.850. The minimum atomic E-state index is -1.35. The Labute approximate surface area is 165 Å². The summed E-state index contributed by atoms with van der Waals surface area (Å²) in [6, 6.07) is 6.46. The standard InChI is InChI=1S/C20H22F2N2O5/c21-12-5-11(6-13(22)8-12)7-17(24-20(27)28)18(26)10-23-16-3-4-29-19-2-1-14(25)9-15(16)19/h1-2,5-6,8-9,16-18,23-26H,3-4,7,10H2,(H,27,28)/t16-,17-,18+/m0/s1. The molecule has 0 saturated heterocycles. The molecule has 1 amide bonds. The summed E-state index contributed by atoms with van der Waals surface area (Å²) in [7, 11) is 0. The van der Waals surface area contributed by atoms with Crippen molar-refractivity contribution in [2.24, 2.45) is 0 Å². The van der Waals surface area contributed by atoms with Gasteiger partial charge in [0.1, 0.15) is 23.1 Å². The van der Waals surface area contributed by atoms with Crippen LogP contribution in [0.25, 0.3) is 0 Å². The van der Waals surface area contributed by atoms with Crippen LogP contribution in [0, 0.1) is 11.6 Å². The lowest BCUT2D eigenvalue weighted by atomic mass is 9.98. The highest BCUT2D eigenvalue weighted by atomic mass is 19.1. The van der Waals surface area contributed by atoms with E-state index in [1.54, 1.807) is 12.1 Å². The molecule has 1 aliphatic rings. The van der Waals surface area contributed by atoms with Gasteiger partial charge in [-0.3, -0.25) is 0 Å². The Balaban J connectivity index is 1.68. The van der Waals surface area contributed by atoms with E-state index in [0.717, 1.165) is 23.8 Å². The lowest BCUT2D eigenvalue weighted by Gasteiger charge is -2.29. The number of halogens is 2. The third-order valence-corrected chi connectivity index (χ3v) is 4.76. The molecular formula is C20H22F2N2O5. The molecule has 0 spiro atoms. The van der Waals surface area contributed by atoms with E-state index in [1.165, 1.54) is 6.07 Å². The Morgan fingerprint density at radius 3 is 2.62 bits per heavy atom. The number of hydrogen-bond donors (Lipinski definition) is 5. The van der Waals surface area contributed by atoms with Crippen LogP contribution >= 0.6 is 0 Å². The van der Waals surface area contributed by atoms with Crippen LogP contribution in [-0.4, -0.2) is 46.7 Å². The van der Waals surface area contributed by atoms with Crippen LogP contribution in [0.3, 0.4) is 0 Å². The SMILES string of the molecule is O=C(O)N[C@@H](Cc1cc(F)cc(F)c1)[C@H](O)CN[C@H]1CCOc2ccc(O)cc21. The smallest absolute Gasteiger partial charge is 0.404 e. The minimum absolute atomic E-state index is 0.0164. The Morgan fingerprint density at radius 2 is 1.93 bits per heavy atom. The van der Waals surface area contributed by atoms with E-state index in [0.29, 0.717) is 18.8 Å². The fraction of sp³-hybridized carbons (Fsp3) is 0.350. The molecule has 3 rings (SSSR count). The summed E-state index contributed by atoms with van der Waals surface area (Å²) >= 11 is 0. The molecule has 0 unspecified atom stereocenters. The highest BCUT2D eigenvalue weighted by molar-refractivity contribution is 5.65. The average molecular weight is 408 g/mol. The number of carbonyl (C=O) groups is 1.